The van der Waals surface area contributed by atoms with Gasteiger partial charge in [-0.15, -0.1) is 0 Å². The molecule has 0 aliphatic carbocycles. The predicted octanol–water partition coefficient (Wildman–Crippen LogP) is 4.79. The molecular weight excluding hydrogens is 352 g/mol. The van der Waals surface area contributed by atoms with Crippen LogP contribution in [0.4, 0.5) is 5.69 Å². The number of fused-ring (bicyclic) bond motifs is 1. The summed E-state index contributed by atoms with van der Waals surface area (Å²) >= 11 is 0. The molecule has 0 bridgehead atoms. The number of carbonyl (C=O) groups excluding carboxylic acids is 1. The molecule has 0 unspecified atom stereocenters. The SMILES string of the molecule is CCOc1ccc(/C=C(\C#N)C(=O)Nc2ccc(OC)cc2)c2ccccc12. The van der Waals surface area contributed by atoms with E-state index in [1.165, 1.54) is 0 Å². The molecule has 0 aromatic heterocycles. The zero-order chi connectivity index (χ0) is 19.9. The van der Waals surface area contributed by atoms with Crippen molar-refractivity contribution in [2.45, 2.75) is 6.92 Å². The summed E-state index contributed by atoms with van der Waals surface area (Å²) < 4.78 is 10.8. The quantitative estimate of drug-likeness (QED) is 0.499. The zero-order valence-electron chi connectivity index (χ0n) is 15.7. The molecule has 0 spiro atoms. The lowest BCUT2D eigenvalue weighted by atomic mass is 10.0. The molecule has 140 valence electrons. The predicted molar refractivity (Wildman–Crippen MR) is 110 cm³/mol. The number of hydrogen-bond acceptors (Lipinski definition) is 4. The molecule has 0 fully saturated rings. The lowest BCUT2D eigenvalue weighted by Gasteiger charge is -2.10. The molecule has 5 heteroatoms. The van der Waals surface area contributed by atoms with Crippen molar-refractivity contribution in [2.75, 3.05) is 19.0 Å². The first-order valence-electron chi connectivity index (χ1n) is 8.88. The third-order valence-electron chi connectivity index (χ3n) is 4.23. The summed E-state index contributed by atoms with van der Waals surface area (Å²) in [5.41, 5.74) is 1.38. The van der Waals surface area contributed by atoms with Gasteiger partial charge in [0.25, 0.3) is 5.91 Å². The van der Waals surface area contributed by atoms with Gasteiger partial charge in [-0.05, 0) is 54.3 Å². The van der Waals surface area contributed by atoms with Crippen molar-refractivity contribution < 1.29 is 14.3 Å². The fourth-order valence-corrected chi connectivity index (χ4v) is 2.88. The summed E-state index contributed by atoms with van der Waals surface area (Å²) in [6.07, 6.45) is 1.59. The lowest BCUT2D eigenvalue weighted by molar-refractivity contribution is -0.112. The van der Waals surface area contributed by atoms with E-state index in [-0.39, 0.29) is 5.57 Å². The van der Waals surface area contributed by atoms with Gasteiger partial charge >= 0.3 is 0 Å². The number of nitrogens with zero attached hydrogens (tertiary/aromatic N) is 1. The Hall–Kier alpha value is -3.78. The standard InChI is InChI=1S/C23H20N2O3/c1-3-28-22-13-8-16(20-6-4-5-7-21(20)22)14-17(15-24)23(26)25-18-9-11-19(27-2)12-10-18/h4-14H,3H2,1-2H3,(H,25,26)/b17-14+. The number of rotatable bonds is 6. The number of benzene rings is 3. The summed E-state index contributed by atoms with van der Waals surface area (Å²) in [6.45, 7) is 2.49. The normalized spacial score (nSPS) is 11.0. The summed E-state index contributed by atoms with van der Waals surface area (Å²) in [6, 6.07) is 20.4. The molecule has 1 N–H and O–H groups in total. The van der Waals surface area contributed by atoms with Crippen LogP contribution < -0.4 is 14.8 Å². The van der Waals surface area contributed by atoms with Gasteiger partial charge < -0.3 is 14.8 Å². The molecule has 0 radical (unpaired) electrons. The average Bonchev–Trinajstić information content (AvgIpc) is 2.73. The highest BCUT2D eigenvalue weighted by Crippen LogP contribution is 2.30. The second-order valence-corrected chi connectivity index (χ2v) is 5.98. The van der Waals surface area contributed by atoms with Crippen LogP contribution in [0.25, 0.3) is 16.8 Å². The van der Waals surface area contributed by atoms with Gasteiger partial charge in [0.2, 0.25) is 0 Å². The van der Waals surface area contributed by atoms with Gasteiger partial charge in [0.05, 0.1) is 13.7 Å². The molecule has 0 saturated carbocycles. The minimum Gasteiger partial charge on any atom is -0.497 e. The molecular formula is C23H20N2O3. The number of hydrogen-bond donors (Lipinski definition) is 1. The average molecular weight is 372 g/mol. The number of ether oxygens (including phenoxy) is 2. The summed E-state index contributed by atoms with van der Waals surface area (Å²) in [5.74, 6) is 0.997. The van der Waals surface area contributed by atoms with Crippen molar-refractivity contribution in [3.8, 4) is 17.6 Å². The van der Waals surface area contributed by atoms with E-state index in [1.54, 1.807) is 37.5 Å². The summed E-state index contributed by atoms with van der Waals surface area (Å²) in [5, 5.41) is 14.1. The van der Waals surface area contributed by atoms with E-state index in [4.69, 9.17) is 9.47 Å². The van der Waals surface area contributed by atoms with E-state index in [9.17, 15) is 10.1 Å². The Kier molecular flexibility index (Phi) is 5.93. The Morgan fingerprint density at radius 1 is 1.07 bits per heavy atom. The van der Waals surface area contributed by atoms with Crippen LogP contribution in [0.1, 0.15) is 12.5 Å². The maximum Gasteiger partial charge on any atom is 0.266 e. The highest BCUT2D eigenvalue weighted by atomic mass is 16.5. The number of amides is 1. The number of anilines is 1. The first-order chi connectivity index (χ1) is 13.7. The Balaban J connectivity index is 1.92. The third kappa shape index (κ3) is 4.13. The lowest BCUT2D eigenvalue weighted by Crippen LogP contribution is -2.13. The molecule has 3 aromatic rings. The Morgan fingerprint density at radius 2 is 1.79 bits per heavy atom. The van der Waals surface area contributed by atoms with Crippen molar-refractivity contribution >= 4 is 28.4 Å². The van der Waals surface area contributed by atoms with Crippen molar-refractivity contribution in [3.63, 3.8) is 0 Å². The van der Waals surface area contributed by atoms with Crippen LogP contribution in [-0.4, -0.2) is 19.6 Å². The van der Waals surface area contributed by atoms with Crippen molar-refractivity contribution in [1.29, 1.82) is 5.26 Å². The molecule has 3 rings (SSSR count). The van der Waals surface area contributed by atoms with Gasteiger partial charge in [0, 0.05) is 11.1 Å². The molecule has 5 nitrogen and oxygen atoms in total. The fourth-order valence-electron chi connectivity index (χ4n) is 2.88. The molecule has 28 heavy (non-hydrogen) atoms. The minimum absolute atomic E-state index is 0.0186. The number of nitriles is 1. The molecule has 0 heterocycles. The van der Waals surface area contributed by atoms with Gasteiger partial charge in [-0.1, -0.05) is 30.3 Å². The molecule has 1 amide bonds. The topological polar surface area (TPSA) is 71.3 Å². The van der Waals surface area contributed by atoms with Crippen molar-refractivity contribution in [1.82, 2.24) is 0 Å². The Labute approximate surface area is 163 Å². The van der Waals surface area contributed by atoms with Crippen LogP contribution in [-0.2, 0) is 4.79 Å². The monoisotopic (exact) mass is 372 g/mol. The third-order valence-corrected chi connectivity index (χ3v) is 4.23. The number of carbonyl (C=O) groups is 1. The van der Waals surface area contributed by atoms with E-state index < -0.39 is 5.91 Å². The molecule has 3 aromatic carbocycles. The van der Waals surface area contributed by atoms with E-state index in [2.05, 4.69) is 5.32 Å². The molecule has 0 saturated heterocycles. The van der Waals surface area contributed by atoms with Crippen LogP contribution in [0.3, 0.4) is 0 Å². The van der Waals surface area contributed by atoms with Gasteiger partial charge in [-0.2, -0.15) is 5.26 Å². The highest BCUT2D eigenvalue weighted by molar-refractivity contribution is 6.11. The first-order valence-corrected chi connectivity index (χ1v) is 8.88. The van der Waals surface area contributed by atoms with E-state index in [0.717, 1.165) is 22.1 Å². The van der Waals surface area contributed by atoms with Crippen LogP contribution in [0.2, 0.25) is 0 Å². The Morgan fingerprint density at radius 3 is 2.43 bits per heavy atom. The van der Waals surface area contributed by atoms with E-state index in [0.29, 0.717) is 18.0 Å². The second kappa shape index (κ2) is 8.74. The first kappa shape index (κ1) is 19.0. The molecule has 0 atom stereocenters. The summed E-state index contributed by atoms with van der Waals surface area (Å²) in [7, 11) is 1.57. The largest absolute Gasteiger partial charge is 0.497 e. The van der Waals surface area contributed by atoms with Gasteiger partial charge in [-0.25, -0.2) is 0 Å². The molecule has 0 aliphatic rings. The maximum absolute atomic E-state index is 12.6. The minimum atomic E-state index is -0.467. The second-order valence-electron chi connectivity index (χ2n) is 5.98. The van der Waals surface area contributed by atoms with Crippen LogP contribution in [0.5, 0.6) is 11.5 Å². The van der Waals surface area contributed by atoms with Crippen LogP contribution in [0, 0.1) is 11.3 Å². The Bertz CT molecular complexity index is 1060. The number of nitrogens with one attached hydrogen (secondary N) is 1. The zero-order valence-corrected chi connectivity index (χ0v) is 15.7. The smallest absolute Gasteiger partial charge is 0.266 e. The van der Waals surface area contributed by atoms with Crippen molar-refractivity contribution in [3.05, 3.63) is 71.8 Å². The van der Waals surface area contributed by atoms with Gasteiger partial charge in [0.1, 0.15) is 23.1 Å². The van der Waals surface area contributed by atoms with Gasteiger partial charge in [-0.3, -0.25) is 4.79 Å². The maximum atomic E-state index is 12.6. The van der Waals surface area contributed by atoms with Crippen molar-refractivity contribution in [2.24, 2.45) is 0 Å². The number of methoxy groups -OCH3 is 1. The fraction of sp³-hybridized carbons (Fsp3) is 0.130. The van der Waals surface area contributed by atoms with Gasteiger partial charge in [0.15, 0.2) is 0 Å². The highest BCUT2D eigenvalue weighted by Gasteiger charge is 2.12. The van der Waals surface area contributed by atoms with E-state index >= 15 is 0 Å². The van der Waals surface area contributed by atoms with Crippen LogP contribution >= 0.6 is 0 Å². The van der Waals surface area contributed by atoms with Crippen LogP contribution in [0.15, 0.2) is 66.2 Å². The van der Waals surface area contributed by atoms with E-state index in [1.807, 2.05) is 49.4 Å². The summed E-state index contributed by atoms with van der Waals surface area (Å²) in [4.78, 5) is 12.6. The molecule has 0 aliphatic heterocycles.